The van der Waals surface area contributed by atoms with E-state index in [-0.39, 0.29) is 19.8 Å². The van der Waals surface area contributed by atoms with Crippen LogP contribution in [-0.4, -0.2) is 48.4 Å². The summed E-state index contributed by atoms with van der Waals surface area (Å²) in [5.74, 6) is -0.545. The fourth-order valence-corrected chi connectivity index (χ4v) is 4.14. The highest BCUT2D eigenvalue weighted by atomic mass is 16.7. The molecule has 3 aromatic carbocycles. The number of ether oxygens (including phenoxy) is 5. The number of aliphatic hydroxyl groups is 1. The van der Waals surface area contributed by atoms with Gasteiger partial charge in [-0.1, -0.05) is 91.0 Å². The predicted octanol–water partition coefficient (Wildman–Crippen LogP) is 4.02. The average Bonchev–Trinajstić information content (AvgIpc) is 2.90. The Kier molecular flexibility index (Phi) is 9.61. The van der Waals surface area contributed by atoms with Crippen LogP contribution in [0.15, 0.2) is 91.0 Å². The molecule has 0 amide bonds. The van der Waals surface area contributed by atoms with E-state index in [1.54, 1.807) is 0 Å². The van der Waals surface area contributed by atoms with E-state index in [2.05, 4.69) is 0 Å². The van der Waals surface area contributed by atoms with Crippen molar-refractivity contribution >= 4 is 5.97 Å². The van der Waals surface area contributed by atoms with Gasteiger partial charge in [0.25, 0.3) is 0 Å². The summed E-state index contributed by atoms with van der Waals surface area (Å²) >= 11 is 0. The molecule has 190 valence electrons. The lowest BCUT2D eigenvalue weighted by Gasteiger charge is -2.44. The summed E-state index contributed by atoms with van der Waals surface area (Å²) < 4.78 is 29.8. The summed E-state index contributed by atoms with van der Waals surface area (Å²) in [4.78, 5) is 11.9. The summed E-state index contributed by atoms with van der Waals surface area (Å²) in [6.45, 7) is 2.36. The lowest BCUT2D eigenvalue weighted by atomic mass is 9.98. The number of hydrogen-bond acceptors (Lipinski definition) is 7. The van der Waals surface area contributed by atoms with Crippen LogP contribution in [-0.2, 0) is 48.3 Å². The first-order chi connectivity index (χ1) is 17.6. The largest absolute Gasteiger partial charge is 0.454 e. The zero-order valence-electron chi connectivity index (χ0n) is 20.3. The van der Waals surface area contributed by atoms with Crippen LogP contribution in [0.2, 0.25) is 0 Å². The van der Waals surface area contributed by atoms with Crippen LogP contribution >= 0.6 is 0 Å². The average molecular weight is 493 g/mol. The van der Waals surface area contributed by atoms with Crippen molar-refractivity contribution in [3.05, 3.63) is 108 Å². The fourth-order valence-electron chi connectivity index (χ4n) is 4.14. The normalized spacial score (nSPS) is 23.8. The summed E-state index contributed by atoms with van der Waals surface area (Å²) in [5.41, 5.74) is 2.93. The Morgan fingerprint density at radius 2 is 1.19 bits per heavy atom. The molecule has 4 rings (SSSR count). The molecule has 0 aromatic heterocycles. The first-order valence-corrected chi connectivity index (χ1v) is 12.0. The van der Waals surface area contributed by atoms with Gasteiger partial charge in [0.2, 0.25) is 0 Å². The molecule has 0 saturated carbocycles. The molecule has 1 N–H and O–H groups in total. The molecule has 5 atom stereocenters. The van der Waals surface area contributed by atoms with Crippen molar-refractivity contribution in [2.45, 2.75) is 57.5 Å². The van der Waals surface area contributed by atoms with Gasteiger partial charge >= 0.3 is 5.97 Å². The first-order valence-electron chi connectivity index (χ1n) is 12.0. The molecule has 0 bridgehead atoms. The number of rotatable bonds is 11. The Balaban J connectivity index is 1.53. The highest BCUT2D eigenvalue weighted by Gasteiger charge is 2.49. The Hall–Kier alpha value is -3.07. The topological polar surface area (TPSA) is 83.5 Å². The minimum Gasteiger partial charge on any atom is -0.454 e. The Bertz CT molecular complexity index is 1040. The second-order valence-electron chi connectivity index (χ2n) is 8.66. The Morgan fingerprint density at radius 3 is 1.69 bits per heavy atom. The second-order valence-corrected chi connectivity index (χ2v) is 8.66. The summed E-state index contributed by atoms with van der Waals surface area (Å²) in [5, 5.41) is 10.8. The lowest BCUT2D eigenvalue weighted by Crippen LogP contribution is -2.61. The van der Waals surface area contributed by atoms with E-state index in [1.165, 1.54) is 6.92 Å². The molecule has 3 aromatic rings. The van der Waals surface area contributed by atoms with E-state index in [4.69, 9.17) is 23.7 Å². The monoisotopic (exact) mass is 492 g/mol. The zero-order chi connectivity index (χ0) is 25.2. The summed E-state index contributed by atoms with van der Waals surface area (Å²) in [6.07, 6.45) is -4.56. The second kappa shape index (κ2) is 13.3. The number of carbonyl (C=O) groups is 1. The molecule has 1 heterocycles. The van der Waals surface area contributed by atoms with E-state index in [1.807, 2.05) is 91.0 Å². The van der Waals surface area contributed by atoms with Crippen LogP contribution in [0, 0.1) is 0 Å². The molecule has 36 heavy (non-hydrogen) atoms. The van der Waals surface area contributed by atoms with Crippen LogP contribution in [0.3, 0.4) is 0 Å². The molecule has 1 fully saturated rings. The van der Waals surface area contributed by atoms with E-state index in [0.29, 0.717) is 6.61 Å². The molecule has 7 heteroatoms. The molecule has 0 aliphatic carbocycles. The molecule has 1 aliphatic heterocycles. The lowest BCUT2D eigenvalue weighted by molar-refractivity contribution is -0.309. The molecule has 1 saturated heterocycles. The number of aliphatic hydroxyl groups excluding tert-OH is 1. The zero-order valence-corrected chi connectivity index (χ0v) is 20.3. The molecule has 0 spiro atoms. The minimum absolute atomic E-state index is 0.156. The number of esters is 1. The predicted molar refractivity (Wildman–Crippen MR) is 133 cm³/mol. The molecule has 1 aliphatic rings. The van der Waals surface area contributed by atoms with Crippen LogP contribution in [0.1, 0.15) is 23.6 Å². The molecule has 0 radical (unpaired) electrons. The van der Waals surface area contributed by atoms with Crippen molar-refractivity contribution in [2.75, 3.05) is 6.61 Å². The third-order valence-corrected chi connectivity index (χ3v) is 5.88. The molecular weight excluding hydrogens is 460 g/mol. The van der Waals surface area contributed by atoms with Crippen molar-refractivity contribution in [1.82, 2.24) is 0 Å². The van der Waals surface area contributed by atoms with E-state index < -0.39 is 36.7 Å². The van der Waals surface area contributed by atoms with Crippen molar-refractivity contribution in [1.29, 1.82) is 0 Å². The van der Waals surface area contributed by atoms with Crippen LogP contribution in [0.25, 0.3) is 0 Å². The number of carbonyl (C=O) groups excluding carboxylic acids is 1. The number of benzene rings is 3. The van der Waals surface area contributed by atoms with Gasteiger partial charge in [-0.3, -0.25) is 4.79 Å². The third kappa shape index (κ3) is 7.46. The fraction of sp³-hybridized carbons (Fsp3) is 0.345. The first kappa shape index (κ1) is 26.0. The van der Waals surface area contributed by atoms with Crippen molar-refractivity contribution in [3.63, 3.8) is 0 Å². The number of hydrogen-bond donors (Lipinski definition) is 1. The quantitative estimate of drug-likeness (QED) is 0.405. The molecule has 3 unspecified atom stereocenters. The molecular formula is C29H32O7. The Morgan fingerprint density at radius 1 is 0.722 bits per heavy atom. The van der Waals surface area contributed by atoms with Gasteiger partial charge in [0.1, 0.15) is 18.3 Å². The van der Waals surface area contributed by atoms with Gasteiger partial charge in [-0.05, 0) is 16.7 Å². The van der Waals surface area contributed by atoms with Crippen LogP contribution in [0.4, 0.5) is 0 Å². The smallest absolute Gasteiger partial charge is 0.303 e. The maximum Gasteiger partial charge on any atom is 0.303 e. The standard InChI is InChI=1S/C29H32O7/c1-21(30)35-28-27(34-19-24-15-9-4-10-16-24)26(33-18-23-13-7-3-8-14-23)25(36-29(28)31)20-32-17-22-11-5-2-6-12-22/h2-16,25-29,31H,17-20H2,1H3/t25?,26-,27-,28?,29?/m0/s1. The highest BCUT2D eigenvalue weighted by molar-refractivity contribution is 5.66. The van der Waals surface area contributed by atoms with Crippen molar-refractivity contribution in [3.8, 4) is 0 Å². The van der Waals surface area contributed by atoms with Gasteiger partial charge in [-0.25, -0.2) is 0 Å². The maximum atomic E-state index is 11.9. The molecule has 7 nitrogen and oxygen atoms in total. The third-order valence-electron chi connectivity index (χ3n) is 5.88. The van der Waals surface area contributed by atoms with Crippen LogP contribution in [0.5, 0.6) is 0 Å². The minimum atomic E-state index is -1.39. The summed E-state index contributed by atoms with van der Waals surface area (Å²) in [7, 11) is 0. The highest BCUT2D eigenvalue weighted by Crippen LogP contribution is 2.29. The van der Waals surface area contributed by atoms with Gasteiger partial charge in [0, 0.05) is 6.92 Å². The van der Waals surface area contributed by atoms with Crippen LogP contribution < -0.4 is 0 Å². The van der Waals surface area contributed by atoms with E-state index in [0.717, 1.165) is 16.7 Å². The maximum absolute atomic E-state index is 11.9. The van der Waals surface area contributed by atoms with Gasteiger partial charge in [0.15, 0.2) is 12.4 Å². The van der Waals surface area contributed by atoms with Gasteiger partial charge in [-0.15, -0.1) is 0 Å². The van der Waals surface area contributed by atoms with Gasteiger partial charge in [-0.2, -0.15) is 0 Å². The van der Waals surface area contributed by atoms with Crippen molar-refractivity contribution in [2.24, 2.45) is 0 Å². The van der Waals surface area contributed by atoms with Gasteiger partial charge < -0.3 is 28.8 Å². The van der Waals surface area contributed by atoms with E-state index in [9.17, 15) is 9.90 Å². The summed E-state index contributed by atoms with van der Waals surface area (Å²) in [6, 6.07) is 29.2. The van der Waals surface area contributed by atoms with Gasteiger partial charge in [0.05, 0.1) is 26.4 Å². The Labute approximate surface area is 211 Å². The van der Waals surface area contributed by atoms with Crippen molar-refractivity contribution < 1.29 is 33.6 Å². The van der Waals surface area contributed by atoms with E-state index >= 15 is 0 Å². The SMILES string of the molecule is CC(=O)OC1C(O)OC(COCc2ccccc2)[C@H](OCc2ccccc2)[C@@H]1OCc1ccccc1.